The number of carbonyl (C=O) groups is 3. The summed E-state index contributed by atoms with van der Waals surface area (Å²) in [6.07, 6.45) is -1.00. The molecule has 1 aliphatic rings. The molecule has 10 heteroatoms. The highest BCUT2D eigenvalue weighted by molar-refractivity contribution is 6.29. The minimum absolute atomic E-state index is 0.0577. The van der Waals surface area contributed by atoms with Crippen molar-refractivity contribution in [2.75, 3.05) is 32.7 Å². The van der Waals surface area contributed by atoms with E-state index in [4.69, 9.17) is 16.7 Å². The lowest BCUT2D eigenvalue weighted by atomic mass is 10.2. The van der Waals surface area contributed by atoms with Gasteiger partial charge in [0.15, 0.2) is 5.82 Å². The zero-order chi connectivity index (χ0) is 20.1. The number of aromatic nitrogens is 2. The van der Waals surface area contributed by atoms with Crippen LogP contribution in [0.4, 0.5) is 4.79 Å². The lowest BCUT2D eigenvalue weighted by Gasteiger charge is -2.33. The van der Waals surface area contributed by atoms with E-state index in [1.54, 1.807) is 12.1 Å². The number of carboxylic acid groups (broad SMARTS) is 1. The summed E-state index contributed by atoms with van der Waals surface area (Å²) in [4.78, 5) is 46.7. The molecule has 28 heavy (non-hydrogen) atoms. The Labute approximate surface area is 165 Å². The summed E-state index contributed by atoms with van der Waals surface area (Å²) in [5, 5.41) is 11.6. The number of amides is 3. The number of benzene rings is 1. The van der Waals surface area contributed by atoms with Gasteiger partial charge in [0.2, 0.25) is 5.91 Å². The van der Waals surface area contributed by atoms with E-state index in [2.05, 4.69) is 15.3 Å². The van der Waals surface area contributed by atoms with Gasteiger partial charge in [0.05, 0.1) is 6.54 Å². The second kappa shape index (κ2) is 8.66. The lowest BCUT2D eigenvalue weighted by Crippen LogP contribution is -2.52. The van der Waals surface area contributed by atoms with E-state index in [0.717, 1.165) is 0 Å². The number of hydrogen-bond acceptors (Lipinski definition) is 5. The first-order valence-electron chi connectivity index (χ1n) is 8.58. The van der Waals surface area contributed by atoms with Gasteiger partial charge in [-0.05, 0) is 0 Å². The molecule has 1 aliphatic heterocycles. The summed E-state index contributed by atoms with van der Waals surface area (Å²) < 4.78 is 0. The highest BCUT2D eigenvalue weighted by Gasteiger charge is 2.24. The van der Waals surface area contributed by atoms with Gasteiger partial charge < -0.3 is 20.2 Å². The molecule has 1 saturated heterocycles. The zero-order valence-electron chi connectivity index (χ0n) is 14.8. The van der Waals surface area contributed by atoms with Crippen molar-refractivity contribution in [1.82, 2.24) is 25.1 Å². The Hall–Kier alpha value is -3.20. The van der Waals surface area contributed by atoms with Crippen molar-refractivity contribution in [2.45, 2.75) is 0 Å². The van der Waals surface area contributed by atoms with E-state index in [0.29, 0.717) is 24.5 Å². The fourth-order valence-electron chi connectivity index (χ4n) is 2.76. The van der Waals surface area contributed by atoms with Gasteiger partial charge in [-0.1, -0.05) is 41.9 Å². The van der Waals surface area contributed by atoms with Crippen molar-refractivity contribution in [2.24, 2.45) is 0 Å². The first kappa shape index (κ1) is 19.6. The molecular formula is C18H18ClN5O4. The normalized spacial score (nSPS) is 13.9. The van der Waals surface area contributed by atoms with Crippen molar-refractivity contribution < 1.29 is 19.5 Å². The van der Waals surface area contributed by atoms with Crippen molar-refractivity contribution >= 4 is 29.5 Å². The highest BCUT2D eigenvalue weighted by atomic mass is 35.5. The van der Waals surface area contributed by atoms with Crippen LogP contribution >= 0.6 is 11.6 Å². The van der Waals surface area contributed by atoms with Crippen molar-refractivity contribution in [3.05, 3.63) is 47.2 Å². The van der Waals surface area contributed by atoms with Crippen LogP contribution in [0.2, 0.25) is 5.15 Å². The summed E-state index contributed by atoms with van der Waals surface area (Å²) in [6.45, 7) is 0.860. The molecule has 3 amide bonds. The molecule has 1 aromatic carbocycles. The summed E-state index contributed by atoms with van der Waals surface area (Å²) in [5.74, 6) is -0.518. The second-order valence-electron chi connectivity index (χ2n) is 6.10. The second-order valence-corrected chi connectivity index (χ2v) is 6.49. The Morgan fingerprint density at radius 1 is 1.04 bits per heavy atom. The molecule has 0 atom stereocenters. The third-order valence-corrected chi connectivity index (χ3v) is 4.46. The molecule has 3 rings (SSSR count). The molecule has 146 valence electrons. The summed E-state index contributed by atoms with van der Waals surface area (Å²) >= 11 is 6.01. The maximum absolute atomic E-state index is 12.4. The molecule has 0 bridgehead atoms. The maximum Gasteiger partial charge on any atom is 0.407 e. The van der Waals surface area contributed by atoms with Gasteiger partial charge in [-0.3, -0.25) is 9.59 Å². The summed E-state index contributed by atoms with van der Waals surface area (Å²) in [6, 6.07) is 10.4. The highest BCUT2D eigenvalue weighted by Crippen LogP contribution is 2.17. The number of nitrogens with one attached hydrogen (secondary N) is 1. The van der Waals surface area contributed by atoms with Gasteiger partial charge in [0.1, 0.15) is 10.8 Å². The molecule has 0 saturated carbocycles. The Bertz CT molecular complexity index is 885. The van der Waals surface area contributed by atoms with Gasteiger partial charge >= 0.3 is 6.09 Å². The molecule has 0 unspecified atom stereocenters. The number of halogens is 1. The molecule has 0 spiro atoms. The van der Waals surface area contributed by atoms with E-state index in [-0.39, 0.29) is 36.4 Å². The first-order chi connectivity index (χ1) is 13.4. The van der Waals surface area contributed by atoms with E-state index >= 15 is 0 Å². The van der Waals surface area contributed by atoms with Crippen LogP contribution < -0.4 is 5.32 Å². The SMILES string of the molecule is O=C(NCC(=O)N1CCN(C(=O)O)CC1)c1cc(Cl)nc(-c2ccccc2)n1. The number of hydrogen-bond donors (Lipinski definition) is 2. The van der Waals surface area contributed by atoms with Gasteiger partial charge in [-0.25, -0.2) is 14.8 Å². The largest absolute Gasteiger partial charge is 0.465 e. The van der Waals surface area contributed by atoms with Gasteiger partial charge in [0.25, 0.3) is 5.91 Å². The van der Waals surface area contributed by atoms with Gasteiger partial charge in [-0.2, -0.15) is 0 Å². The van der Waals surface area contributed by atoms with Crippen LogP contribution in [0.3, 0.4) is 0 Å². The van der Waals surface area contributed by atoms with E-state index in [1.165, 1.54) is 15.9 Å². The molecule has 0 radical (unpaired) electrons. The van der Waals surface area contributed by atoms with Crippen LogP contribution in [-0.2, 0) is 4.79 Å². The number of piperazine rings is 1. The zero-order valence-corrected chi connectivity index (χ0v) is 15.6. The van der Waals surface area contributed by atoms with E-state index in [1.807, 2.05) is 18.2 Å². The van der Waals surface area contributed by atoms with Crippen molar-refractivity contribution in [1.29, 1.82) is 0 Å². The smallest absolute Gasteiger partial charge is 0.407 e. The third-order valence-electron chi connectivity index (χ3n) is 4.26. The van der Waals surface area contributed by atoms with Crippen LogP contribution in [0, 0.1) is 0 Å². The third kappa shape index (κ3) is 4.74. The summed E-state index contributed by atoms with van der Waals surface area (Å²) in [5.41, 5.74) is 0.772. The molecule has 2 heterocycles. The predicted molar refractivity (Wildman–Crippen MR) is 101 cm³/mol. The summed E-state index contributed by atoms with van der Waals surface area (Å²) in [7, 11) is 0. The molecule has 1 fully saturated rings. The molecule has 0 aliphatic carbocycles. The number of nitrogens with zero attached hydrogens (tertiary/aromatic N) is 4. The minimum Gasteiger partial charge on any atom is -0.465 e. The van der Waals surface area contributed by atoms with Crippen LogP contribution in [0.1, 0.15) is 10.5 Å². The number of carbonyl (C=O) groups excluding carboxylic acids is 2. The lowest BCUT2D eigenvalue weighted by molar-refractivity contribution is -0.131. The fraction of sp³-hybridized carbons (Fsp3) is 0.278. The average Bonchev–Trinajstić information content (AvgIpc) is 2.72. The molecule has 2 N–H and O–H groups in total. The molecular weight excluding hydrogens is 386 g/mol. The van der Waals surface area contributed by atoms with Crippen molar-refractivity contribution in [3.8, 4) is 11.4 Å². The first-order valence-corrected chi connectivity index (χ1v) is 8.95. The van der Waals surface area contributed by atoms with E-state index in [9.17, 15) is 14.4 Å². The molecule has 2 aromatic rings. The quantitative estimate of drug-likeness (QED) is 0.744. The van der Waals surface area contributed by atoms with Crippen LogP contribution in [0.25, 0.3) is 11.4 Å². The minimum atomic E-state index is -1.00. The Morgan fingerprint density at radius 2 is 1.68 bits per heavy atom. The van der Waals surface area contributed by atoms with Crippen LogP contribution in [-0.4, -0.2) is 75.5 Å². The molecule has 9 nitrogen and oxygen atoms in total. The fourth-order valence-corrected chi connectivity index (χ4v) is 2.94. The maximum atomic E-state index is 12.4. The van der Waals surface area contributed by atoms with Crippen LogP contribution in [0.15, 0.2) is 36.4 Å². The van der Waals surface area contributed by atoms with Gasteiger partial charge in [-0.15, -0.1) is 0 Å². The Kier molecular flexibility index (Phi) is 6.05. The van der Waals surface area contributed by atoms with Crippen molar-refractivity contribution in [3.63, 3.8) is 0 Å². The standard InChI is InChI=1S/C18H18ClN5O4/c19-14-10-13(21-16(22-14)12-4-2-1-3-5-12)17(26)20-11-15(25)23-6-8-24(9-7-23)18(27)28/h1-5,10H,6-9,11H2,(H,20,26)(H,27,28). The number of rotatable bonds is 4. The van der Waals surface area contributed by atoms with Crippen LogP contribution in [0.5, 0.6) is 0 Å². The Balaban J connectivity index is 1.60. The average molecular weight is 404 g/mol. The predicted octanol–water partition coefficient (Wildman–Crippen LogP) is 1.35. The topological polar surface area (TPSA) is 116 Å². The molecule has 1 aromatic heterocycles. The Morgan fingerprint density at radius 3 is 2.32 bits per heavy atom. The monoisotopic (exact) mass is 403 g/mol. The van der Waals surface area contributed by atoms with Gasteiger partial charge in [0, 0.05) is 37.8 Å². The van der Waals surface area contributed by atoms with E-state index < -0.39 is 12.0 Å².